The van der Waals surface area contributed by atoms with E-state index in [1.54, 1.807) is 0 Å². The third kappa shape index (κ3) is 3.77. The Morgan fingerprint density at radius 1 is 1.08 bits per heavy atom. The lowest BCUT2D eigenvalue weighted by Gasteiger charge is -2.39. The topological polar surface area (TPSA) is 40.5 Å². The number of benzene rings is 2. The van der Waals surface area contributed by atoms with Crippen molar-refractivity contribution in [3.63, 3.8) is 0 Å². The molecular formula is C22H27NO2. The third-order valence-electron chi connectivity index (χ3n) is 5.38. The quantitative estimate of drug-likeness (QED) is 0.893. The summed E-state index contributed by atoms with van der Waals surface area (Å²) in [5, 5.41) is 9.51. The fraction of sp³-hybridized carbons (Fsp3) is 0.409. The Balaban J connectivity index is 2.08. The Bertz CT molecular complexity index is 768. The lowest BCUT2D eigenvalue weighted by atomic mass is 9.87. The van der Waals surface area contributed by atoms with Crippen molar-refractivity contribution in [1.29, 1.82) is 0 Å². The molecule has 0 aliphatic carbocycles. The second kappa shape index (κ2) is 7.40. The number of aryl methyl sites for hydroxylation is 3. The molecule has 0 aromatic heterocycles. The standard InChI is InChI=1S/C22H27NO2/c1-15-10-11-17(3)20(13-15)21(19-9-5-4-7-16(19)2)23-12-6-8-18(14-23)22(24)25/h4-5,7,9-11,13,18,21H,6,8,12,14H2,1-3H3,(H,24,25). The van der Waals surface area contributed by atoms with Gasteiger partial charge in [0.05, 0.1) is 12.0 Å². The molecule has 1 aliphatic heterocycles. The van der Waals surface area contributed by atoms with E-state index in [1.165, 1.54) is 27.8 Å². The van der Waals surface area contributed by atoms with E-state index in [0.29, 0.717) is 6.54 Å². The van der Waals surface area contributed by atoms with Crippen LogP contribution in [0.5, 0.6) is 0 Å². The molecule has 132 valence electrons. The van der Waals surface area contributed by atoms with Crippen molar-refractivity contribution < 1.29 is 9.90 Å². The van der Waals surface area contributed by atoms with Gasteiger partial charge in [-0.15, -0.1) is 0 Å². The number of hydrogen-bond acceptors (Lipinski definition) is 2. The van der Waals surface area contributed by atoms with Gasteiger partial charge in [-0.25, -0.2) is 0 Å². The molecule has 0 saturated carbocycles. The number of hydrogen-bond donors (Lipinski definition) is 1. The van der Waals surface area contributed by atoms with E-state index in [-0.39, 0.29) is 12.0 Å². The highest BCUT2D eigenvalue weighted by atomic mass is 16.4. The fourth-order valence-corrected chi connectivity index (χ4v) is 3.95. The maximum atomic E-state index is 11.6. The van der Waals surface area contributed by atoms with Gasteiger partial charge in [-0.1, -0.05) is 48.0 Å². The first-order valence-corrected chi connectivity index (χ1v) is 9.07. The molecule has 0 radical (unpaired) electrons. The van der Waals surface area contributed by atoms with Gasteiger partial charge in [-0.3, -0.25) is 9.69 Å². The van der Waals surface area contributed by atoms with Crippen LogP contribution in [0.25, 0.3) is 0 Å². The van der Waals surface area contributed by atoms with E-state index in [0.717, 1.165) is 19.4 Å². The fourth-order valence-electron chi connectivity index (χ4n) is 3.95. The van der Waals surface area contributed by atoms with Gasteiger partial charge < -0.3 is 5.11 Å². The van der Waals surface area contributed by atoms with Gasteiger partial charge in [-0.05, 0) is 62.4 Å². The minimum atomic E-state index is -0.672. The summed E-state index contributed by atoms with van der Waals surface area (Å²) in [6.07, 6.45) is 1.71. The van der Waals surface area contributed by atoms with Crippen LogP contribution in [-0.4, -0.2) is 29.1 Å². The van der Waals surface area contributed by atoms with Gasteiger partial charge in [0.25, 0.3) is 0 Å². The van der Waals surface area contributed by atoms with E-state index in [4.69, 9.17) is 0 Å². The van der Waals surface area contributed by atoms with Crippen molar-refractivity contribution in [2.24, 2.45) is 5.92 Å². The van der Waals surface area contributed by atoms with Crippen LogP contribution >= 0.6 is 0 Å². The molecule has 1 N–H and O–H groups in total. The molecule has 1 aliphatic rings. The molecule has 3 nitrogen and oxygen atoms in total. The van der Waals surface area contributed by atoms with Crippen LogP contribution in [0, 0.1) is 26.7 Å². The third-order valence-corrected chi connectivity index (χ3v) is 5.38. The number of aliphatic carboxylic acids is 1. The molecule has 1 heterocycles. The number of rotatable bonds is 4. The zero-order chi connectivity index (χ0) is 18.0. The predicted molar refractivity (Wildman–Crippen MR) is 101 cm³/mol. The number of piperidine rings is 1. The lowest BCUT2D eigenvalue weighted by Crippen LogP contribution is -2.41. The summed E-state index contributed by atoms with van der Waals surface area (Å²) in [6.45, 7) is 7.97. The SMILES string of the molecule is Cc1ccc(C)c(C(c2ccccc2C)N2CCCC(C(=O)O)C2)c1. The van der Waals surface area contributed by atoms with Crippen LogP contribution in [0.15, 0.2) is 42.5 Å². The Kier molecular flexibility index (Phi) is 5.24. The number of carbonyl (C=O) groups is 1. The highest BCUT2D eigenvalue weighted by Crippen LogP contribution is 2.36. The maximum Gasteiger partial charge on any atom is 0.307 e. The second-order valence-corrected chi connectivity index (χ2v) is 7.29. The first-order valence-electron chi connectivity index (χ1n) is 9.07. The van der Waals surface area contributed by atoms with Gasteiger partial charge in [0.15, 0.2) is 0 Å². The van der Waals surface area contributed by atoms with Crippen LogP contribution in [0.1, 0.15) is 46.7 Å². The Morgan fingerprint density at radius 3 is 2.52 bits per heavy atom. The Morgan fingerprint density at radius 2 is 1.80 bits per heavy atom. The smallest absolute Gasteiger partial charge is 0.307 e. The van der Waals surface area contributed by atoms with Crippen molar-refractivity contribution in [2.75, 3.05) is 13.1 Å². The zero-order valence-corrected chi connectivity index (χ0v) is 15.3. The molecule has 2 atom stereocenters. The minimum absolute atomic E-state index is 0.114. The summed E-state index contributed by atoms with van der Waals surface area (Å²) >= 11 is 0. The number of likely N-dealkylation sites (tertiary alicyclic amines) is 1. The van der Waals surface area contributed by atoms with E-state index < -0.39 is 5.97 Å². The van der Waals surface area contributed by atoms with Crippen LogP contribution in [0.2, 0.25) is 0 Å². The molecule has 0 spiro atoms. The Hall–Kier alpha value is -2.13. The van der Waals surface area contributed by atoms with Crippen molar-refractivity contribution in [3.8, 4) is 0 Å². The highest BCUT2D eigenvalue weighted by molar-refractivity contribution is 5.70. The molecule has 0 amide bonds. The molecule has 1 fully saturated rings. The van der Waals surface area contributed by atoms with Gasteiger partial charge in [-0.2, -0.15) is 0 Å². The van der Waals surface area contributed by atoms with Crippen molar-refractivity contribution in [2.45, 2.75) is 39.7 Å². The van der Waals surface area contributed by atoms with Crippen LogP contribution in [-0.2, 0) is 4.79 Å². The average Bonchev–Trinajstić information content (AvgIpc) is 2.60. The minimum Gasteiger partial charge on any atom is -0.481 e. The lowest BCUT2D eigenvalue weighted by molar-refractivity contribution is -0.143. The molecule has 2 unspecified atom stereocenters. The largest absolute Gasteiger partial charge is 0.481 e. The van der Waals surface area contributed by atoms with Gasteiger partial charge in [0.2, 0.25) is 0 Å². The van der Waals surface area contributed by atoms with Crippen molar-refractivity contribution >= 4 is 5.97 Å². The predicted octanol–water partition coefficient (Wildman–Crippen LogP) is 4.50. The van der Waals surface area contributed by atoms with Crippen LogP contribution in [0.3, 0.4) is 0 Å². The highest BCUT2D eigenvalue weighted by Gasteiger charge is 2.32. The van der Waals surface area contributed by atoms with Crippen molar-refractivity contribution in [1.82, 2.24) is 4.90 Å². The second-order valence-electron chi connectivity index (χ2n) is 7.29. The van der Waals surface area contributed by atoms with E-state index >= 15 is 0 Å². The first kappa shape index (κ1) is 17.7. The van der Waals surface area contributed by atoms with Gasteiger partial charge >= 0.3 is 5.97 Å². The molecule has 3 rings (SSSR count). The molecule has 1 saturated heterocycles. The summed E-state index contributed by atoms with van der Waals surface area (Å²) in [6, 6.07) is 15.2. The molecule has 2 aromatic carbocycles. The summed E-state index contributed by atoms with van der Waals surface area (Å²) in [5.41, 5.74) is 6.33. The molecule has 2 aromatic rings. The number of carboxylic acids is 1. The summed E-state index contributed by atoms with van der Waals surface area (Å²) in [4.78, 5) is 13.9. The van der Waals surface area contributed by atoms with Gasteiger partial charge in [0, 0.05) is 6.54 Å². The summed E-state index contributed by atoms with van der Waals surface area (Å²) in [5.74, 6) is -0.945. The summed E-state index contributed by atoms with van der Waals surface area (Å²) in [7, 11) is 0. The molecular weight excluding hydrogens is 310 g/mol. The Labute approximate surface area is 150 Å². The molecule has 3 heteroatoms. The molecule has 0 bridgehead atoms. The average molecular weight is 337 g/mol. The first-order chi connectivity index (χ1) is 12.0. The van der Waals surface area contributed by atoms with E-state index in [2.05, 4.69) is 68.1 Å². The number of nitrogens with zero attached hydrogens (tertiary/aromatic N) is 1. The monoisotopic (exact) mass is 337 g/mol. The summed E-state index contributed by atoms with van der Waals surface area (Å²) < 4.78 is 0. The van der Waals surface area contributed by atoms with E-state index in [1.807, 2.05) is 0 Å². The normalized spacial score (nSPS) is 19.6. The zero-order valence-electron chi connectivity index (χ0n) is 15.3. The van der Waals surface area contributed by atoms with Crippen LogP contribution in [0.4, 0.5) is 0 Å². The van der Waals surface area contributed by atoms with Crippen molar-refractivity contribution in [3.05, 3.63) is 70.3 Å². The number of carboxylic acid groups (broad SMARTS) is 1. The molecule has 25 heavy (non-hydrogen) atoms. The maximum absolute atomic E-state index is 11.6. The van der Waals surface area contributed by atoms with Crippen LogP contribution < -0.4 is 0 Å². The van der Waals surface area contributed by atoms with Gasteiger partial charge in [0.1, 0.15) is 0 Å². The van der Waals surface area contributed by atoms with E-state index in [9.17, 15) is 9.90 Å².